The van der Waals surface area contributed by atoms with Gasteiger partial charge < -0.3 is 0 Å². The van der Waals surface area contributed by atoms with Crippen molar-refractivity contribution >= 4 is 15.7 Å². The maximum atomic E-state index is 12.2. The fraction of sp³-hybridized carbons (Fsp3) is 0.308. The second-order valence-electron chi connectivity index (χ2n) is 4.50. The first kappa shape index (κ1) is 15.4. The fourth-order valence-corrected chi connectivity index (χ4v) is 2.86. The Morgan fingerprint density at radius 2 is 1.95 bits per heavy atom. The molecule has 0 fully saturated rings. The average molecular weight is 315 g/mol. The summed E-state index contributed by atoms with van der Waals surface area (Å²) in [5, 5.41) is 3.67. The molecule has 0 aliphatic heterocycles. The van der Waals surface area contributed by atoms with Crippen molar-refractivity contribution in [3.05, 3.63) is 48.3 Å². The molecule has 0 saturated heterocycles. The number of aryl methyl sites for hydroxylation is 1. The van der Waals surface area contributed by atoms with E-state index in [2.05, 4.69) is 9.82 Å². The van der Waals surface area contributed by atoms with Crippen LogP contribution in [0.15, 0.2) is 42.7 Å². The number of hydrogen-bond acceptors (Lipinski definition) is 3. The summed E-state index contributed by atoms with van der Waals surface area (Å²) >= 11 is 0. The molecule has 114 valence electrons. The smallest absolute Gasteiger partial charge is 0.257 e. The molecular weight excluding hydrogens is 300 g/mol. The monoisotopic (exact) mass is 315 g/mol. The predicted molar refractivity (Wildman–Crippen MR) is 75.8 cm³/mol. The summed E-state index contributed by atoms with van der Waals surface area (Å²) in [6, 6.07) is 9.22. The summed E-state index contributed by atoms with van der Waals surface area (Å²) in [6.45, 7) is -0.564. The van der Waals surface area contributed by atoms with Crippen molar-refractivity contribution in [2.75, 3.05) is 10.5 Å². The van der Waals surface area contributed by atoms with Gasteiger partial charge in [-0.25, -0.2) is 17.2 Å². The highest BCUT2D eigenvalue weighted by atomic mass is 32.2. The molecule has 0 saturated carbocycles. The number of hydrogen-bond donors (Lipinski definition) is 1. The van der Waals surface area contributed by atoms with Crippen LogP contribution in [0, 0.1) is 0 Å². The van der Waals surface area contributed by atoms with Crippen molar-refractivity contribution in [2.24, 2.45) is 0 Å². The van der Waals surface area contributed by atoms with Crippen molar-refractivity contribution < 1.29 is 17.2 Å². The number of rotatable bonds is 7. The number of nitrogens with zero attached hydrogens (tertiary/aromatic N) is 2. The summed E-state index contributed by atoms with van der Waals surface area (Å²) in [5.41, 5.74) is 1.10. The zero-order valence-electron chi connectivity index (χ0n) is 11.1. The van der Waals surface area contributed by atoms with E-state index in [0.29, 0.717) is 6.42 Å². The van der Waals surface area contributed by atoms with Gasteiger partial charge in [0.15, 0.2) is 0 Å². The number of alkyl halides is 2. The normalized spacial score (nSPS) is 11.8. The lowest BCUT2D eigenvalue weighted by atomic mass is 10.2. The third kappa shape index (κ3) is 5.14. The molecule has 1 N–H and O–H groups in total. The number of sulfonamides is 1. The lowest BCUT2D eigenvalue weighted by Crippen LogP contribution is -2.18. The van der Waals surface area contributed by atoms with Crippen molar-refractivity contribution in [1.29, 1.82) is 0 Å². The van der Waals surface area contributed by atoms with Gasteiger partial charge in [0.1, 0.15) is 6.54 Å². The minimum atomic E-state index is -3.54. The van der Waals surface area contributed by atoms with Gasteiger partial charge >= 0.3 is 0 Å². The SMILES string of the molecule is O=S(=O)(CCc1ccccc1)Nc1cnn(CC(F)F)c1. The molecule has 8 heteroatoms. The van der Waals surface area contributed by atoms with Gasteiger partial charge in [0.05, 0.1) is 17.6 Å². The highest BCUT2D eigenvalue weighted by Gasteiger charge is 2.13. The van der Waals surface area contributed by atoms with Crippen LogP contribution in [-0.4, -0.2) is 30.4 Å². The van der Waals surface area contributed by atoms with Crippen molar-refractivity contribution in [3.8, 4) is 0 Å². The van der Waals surface area contributed by atoms with Crippen LogP contribution in [-0.2, 0) is 23.0 Å². The molecule has 1 aromatic carbocycles. The summed E-state index contributed by atoms with van der Waals surface area (Å²) in [4.78, 5) is 0. The molecule has 1 heterocycles. The van der Waals surface area contributed by atoms with Crippen LogP contribution in [0.25, 0.3) is 0 Å². The number of benzene rings is 1. The molecule has 0 amide bonds. The van der Waals surface area contributed by atoms with Crippen LogP contribution < -0.4 is 4.72 Å². The van der Waals surface area contributed by atoms with Crippen LogP contribution in [0.4, 0.5) is 14.5 Å². The van der Waals surface area contributed by atoms with Gasteiger partial charge in [-0.15, -0.1) is 0 Å². The largest absolute Gasteiger partial charge is 0.280 e. The Bertz CT molecular complexity index is 672. The Kier molecular flexibility index (Phi) is 4.89. The van der Waals surface area contributed by atoms with Crippen molar-refractivity contribution in [1.82, 2.24) is 9.78 Å². The van der Waals surface area contributed by atoms with Gasteiger partial charge in [0.2, 0.25) is 10.0 Å². The number of aromatic nitrogens is 2. The van der Waals surface area contributed by atoms with E-state index >= 15 is 0 Å². The van der Waals surface area contributed by atoms with Crippen LogP contribution in [0.2, 0.25) is 0 Å². The van der Waals surface area contributed by atoms with Gasteiger partial charge in [-0.3, -0.25) is 9.40 Å². The molecule has 0 atom stereocenters. The van der Waals surface area contributed by atoms with E-state index in [1.54, 1.807) is 0 Å². The standard InChI is InChI=1S/C13H15F2N3O2S/c14-13(15)10-18-9-12(8-16-18)17-21(19,20)7-6-11-4-2-1-3-5-11/h1-5,8-9,13,17H,6-7,10H2. The summed E-state index contributed by atoms with van der Waals surface area (Å²) in [6.07, 6.45) is 0.295. The molecule has 0 aliphatic rings. The second-order valence-corrected chi connectivity index (χ2v) is 6.34. The zero-order valence-corrected chi connectivity index (χ0v) is 11.9. The van der Waals surface area contributed by atoms with E-state index in [9.17, 15) is 17.2 Å². The van der Waals surface area contributed by atoms with Gasteiger partial charge in [0, 0.05) is 6.20 Å². The fourth-order valence-electron chi connectivity index (χ4n) is 1.79. The molecule has 0 aliphatic carbocycles. The third-order valence-corrected chi connectivity index (χ3v) is 4.02. The highest BCUT2D eigenvalue weighted by Crippen LogP contribution is 2.10. The van der Waals surface area contributed by atoms with E-state index in [1.807, 2.05) is 30.3 Å². The minimum absolute atomic E-state index is 0.0863. The summed E-state index contributed by atoms with van der Waals surface area (Å²) < 4.78 is 51.5. The van der Waals surface area contributed by atoms with E-state index in [-0.39, 0.29) is 11.4 Å². The van der Waals surface area contributed by atoms with E-state index in [4.69, 9.17) is 0 Å². The average Bonchev–Trinajstić information content (AvgIpc) is 2.83. The quantitative estimate of drug-likeness (QED) is 0.851. The number of halogens is 2. The number of anilines is 1. The first-order valence-electron chi connectivity index (χ1n) is 6.30. The van der Waals surface area contributed by atoms with Gasteiger partial charge in [-0.1, -0.05) is 30.3 Å². The molecular formula is C13H15F2N3O2S. The minimum Gasteiger partial charge on any atom is -0.280 e. The molecule has 2 rings (SSSR count). The molecule has 21 heavy (non-hydrogen) atoms. The predicted octanol–water partition coefficient (Wildman–Crippen LogP) is 2.13. The molecule has 0 unspecified atom stereocenters. The Labute approximate surface area is 121 Å². The molecule has 1 aromatic heterocycles. The molecule has 5 nitrogen and oxygen atoms in total. The Morgan fingerprint density at radius 3 is 2.62 bits per heavy atom. The first-order valence-corrected chi connectivity index (χ1v) is 7.95. The Balaban J connectivity index is 1.93. The Morgan fingerprint density at radius 1 is 1.24 bits per heavy atom. The Hall–Kier alpha value is -1.96. The van der Waals surface area contributed by atoms with Crippen LogP contribution in [0.1, 0.15) is 5.56 Å². The van der Waals surface area contributed by atoms with Gasteiger partial charge in [-0.2, -0.15) is 5.10 Å². The van der Waals surface area contributed by atoms with Crippen molar-refractivity contribution in [2.45, 2.75) is 19.4 Å². The van der Waals surface area contributed by atoms with Crippen molar-refractivity contribution in [3.63, 3.8) is 0 Å². The van der Waals surface area contributed by atoms with Crippen LogP contribution in [0.3, 0.4) is 0 Å². The van der Waals surface area contributed by atoms with Gasteiger partial charge in [-0.05, 0) is 12.0 Å². The molecule has 0 bridgehead atoms. The third-order valence-electron chi connectivity index (χ3n) is 2.73. The first-order chi connectivity index (χ1) is 9.94. The molecule has 0 radical (unpaired) electrons. The van der Waals surface area contributed by atoms with E-state index in [1.165, 1.54) is 12.4 Å². The highest BCUT2D eigenvalue weighted by molar-refractivity contribution is 7.92. The number of nitrogens with one attached hydrogen (secondary N) is 1. The molecule has 0 spiro atoms. The van der Waals surface area contributed by atoms with Crippen LogP contribution in [0.5, 0.6) is 0 Å². The van der Waals surface area contributed by atoms with Crippen LogP contribution >= 0.6 is 0 Å². The van der Waals surface area contributed by atoms with E-state index < -0.39 is 23.0 Å². The maximum Gasteiger partial charge on any atom is 0.257 e. The lowest BCUT2D eigenvalue weighted by Gasteiger charge is -2.05. The lowest BCUT2D eigenvalue weighted by molar-refractivity contribution is 0.122. The van der Waals surface area contributed by atoms with E-state index in [0.717, 1.165) is 10.2 Å². The second kappa shape index (κ2) is 6.66. The molecule has 2 aromatic rings. The maximum absolute atomic E-state index is 12.2. The topological polar surface area (TPSA) is 64.0 Å². The summed E-state index contributed by atoms with van der Waals surface area (Å²) in [5.74, 6) is -0.0863. The zero-order chi connectivity index (χ0) is 15.3. The van der Waals surface area contributed by atoms with Gasteiger partial charge in [0.25, 0.3) is 6.43 Å². The summed E-state index contributed by atoms with van der Waals surface area (Å²) in [7, 11) is -3.54.